The van der Waals surface area contributed by atoms with Gasteiger partial charge in [0.25, 0.3) is 0 Å². The summed E-state index contributed by atoms with van der Waals surface area (Å²) in [7, 11) is 0. The molecule has 100 valence electrons. The molecule has 2 aromatic rings. The Kier molecular flexibility index (Phi) is 3.80. The molecule has 2 nitrogen and oxygen atoms in total. The molecule has 0 spiro atoms. The SMILES string of the molecule is N#Cc1ccc(CNC2CCc3ccccc3C2)cc1. The van der Waals surface area contributed by atoms with Crippen molar-refractivity contribution >= 4 is 0 Å². The third-order valence-electron chi connectivity index (χ3n) is 4.02. The summed E-state index contributed by atoms with van der Waals surface area (Å²) in [5, 5.41) is 12.4. The van der Waals surface area contributed by atoms with Crippen LogP contribution in [-0.2, 0) is 19.4 Å². The summed E-state index contributed by atoms with van der Waals surface area (Å²) in [6.45, 7) is 0.874. The maximum atomic E-state index is 8.79. The Labute approximate surface area is 120 Å². The van der Waals surface area contributed by atoms with E-state index in [0.717, 1.165) is 18.5 Å². The highest BCUT2D eigenvalue weighted by Crippen LogP contribution is 2.21. The van der Waals surface area contributed by atoms with Gasteiger partial charge in [-0.05, 0) is 48.1 Å². The van der Waals surface area contributed by atoms with E-state index in [9.17, 15) is 0 Å². The maximum absolute atomic E-state index is 8.79. The molecule has 0 aromatic heterocycles. The van der Waals surface area contributed by atoms with Gasteiger partial charge in [-0.1, -0.05) is 36.4 Å². The Hall–Kier alpha value is -2.11. The fourth-order valence-electron chi connectivity index (χ4n) is 2.83. The number of nitrogens with one attached hydrogen (secondary N) is 1. The Balaban J connectivity index is 1.58. The topological polar surface area (TPSA) is 35.8 Å². The molecular weight excluding hydrogens is 244 g/mol. The number of benzene rings is 2. The van der Waals surface area contributed by atoms with Crippen LogP contribution in [0, 0.1) is 11.3 Å². The Morgan fingerprint density at radius 2 is 1.80 bits per heavy atom. The summed E-state index contributed by atoms with van der Waals surface area (Å²) in [6, 6.07) is 19.3. The van der Waals surface area contributed by atoms with E-state index >= 15 is 0 Å². The van der Waals surface area contributed by atoms with Crippen LogP contribution in [0.25, 0.3) is 0 Å². The maximum Gasteiger partial charge on any atom is 0.0991 e. The van der Waals surface area contributed by atoms with Crippen molar-refractivity contribution in [1.29, 1.82) is 5.26 Å². The number of nitrogens with zero attached hydrogens (tertiary/aromatic N) is 1. The lowest BCUT2D eigenvalue weighted by Gasteiger charge is -2.25. The molecule has 2 heteroatoms. The second-order valence-corrected chi connectivity index (χ2v) is 5.40. The van der Waals surface area contributed by atoms with Crippen LogP contribution in [-0.4, -0.2) is 6.04 Å². The van der Waals surface area contributed by atoms with Gasteiger partial charge in [0.1, 0.15) is 0 Å². The predicted molar refractivity (Wildman–Crippen MR) is 80.3 cm³/mol. The van der Waals surface area contributed by atoms with Gasteiger partial charge in [-0.15, -0.1) is 0 Å². The Morgan fingerprint density at radius 1 is 1.05 bits per heavy atom. The van der Waals surface area contributed by atoms with Crippen molar-refractivity contribution in [3.63, 3.8) is 0 Å². The van der Waals surface area contributed by atoms with Crippen molar-refractivity contribution in [2.75, 3.05) is 0 Å². The van der Waals surface area contributed by atoms with Gasteiger partial charge >= 0.3 is 0 Å². The summed E-state index contributed by atoms with van der Waals surface area (Å²) >= 11 is 0. The van der Waals surface area contributed by atoms with E-state index in [1.54, 1.807) is 0 Å². The fourth-order valence-corrected chi connectivity index (χ4v) is 2.83. The monoisotopic (exact) mass is 262 g/mol. The number of aryl methyl sites for hydroxylation is 1. The van der Waals surface area contributed by atoms with Gasteiger partial charge in [0.05, 0.1) is 11.6 Å². The van der Waals surface area contributed by atoms with Gasteiger partial charge in [-0.2, -0.15) is 5.26 Å². The minimum atomic E-state index is 0.556. The zero-order valence-electron chi connectivity index (χ0n) is 11.5. The molecule has 1 unspecified atom stereocenters. The Morgan fingerprint density at radius 3 is 2.55 bits per heavy atom. The highest BCUT2D eigenvalue weighted by atomic mass is 14.9. The van der Waals surface area contributed by atoms with Gasteiger partial charge < -0.3 is 5.32 Å². The van der Waals surface area contributed by atoms with E-state index in [4.69, 9.17) is 5.26 Å². The first-order valence-corrected chi connectivity index (χ1v) is 7.14. The van der Waals surface area contributed by atoms with Crippen LogP contribution in [0.1, 0.15) is 28.7 Å². The van der Waals surface area contributed by atoms with Crippen LogP contribution < -0.4 is 5.32 Å². The van der Waals surface area contributed by atoms with Crippen molar-refractivity contribution in [3.8, 4) is 6.07 Å². The molecule has 1 aliphatic carbocycles. The third-order valence-corrected chi connectivity index (χ3v) is 4.02. The minimum Gasteiger partial charge on any atom is -0.310 e. The minimum absolute atomic E-state index is 0.556. The third kappa shape index (κ3) is 2.89. The summed E-state index contributed by atoms with van der Waals surface area (Å²) < 4.78 is 0. The van der Waals surface area contributed by atoms with Crippen LogP contribution in [0.3, 0.4) is 0 Å². The average Bonchev–Trinajstić information content (AvgIpc) is 2.53. The van der Waals surface area contributed by atoms with E-state index in [-0.39, 0.29) is 0 Å². The predicted octanol–water partition coefficient (Wildman–Crippen LogP) is 3.21. The molecule has 0 radical (unpaired) electrons. The van der Waals surface area contributed by atoms with Crippen LogP contribution in [0.15, 0.2) is 48.5 Å². The molecular formula is C18H18N2. The second-order valence-electron chi connectivity index (χ2n) is 5.40. The lowest BCUT2D eigenvalue weighted by molar-refractivity contribution is 0.457. The van der Waals surface area contributed by atoms with Gasteiger partial charge in [0.15, 0.2) is 0 Å². The number of hydrogen-bond donors (Lipinski definition) is 1. The van der Waals surface area contributed by atoms with E-state index in [2.05, 4.69) is 35.7 Å². The van der Waals surface area contributed by atoms with E-state index in [1.807, 2.05) is 24.3 Å². The average molecular weight is 262 g/mol. The number of nitriles is 1. The normalized spacial score (nSPS) is 17.2. The number of rotatable bonds is 3. The van der Waals surface area contributed by atoms with Crippen LogP contribution >= 0.6 is 0 Å². The molecule has 0 bridgehead atoms. The number of fused-ring (bicyclic) bond motifs is 1. The van der Waals surface area contributed by atoms with Crippen molar-refractivity contribution in [1.82, 2.24) is 5.32 Å². The molecule has 20 heavy (non-hydrogen) atoms. The highest BCUT2D eigenvalue weighted by molar-refractivity contribution is 5.32. The molecule has 0 fully saturated rings. The zero-order valence-corrected chi connectivity index (χ0v) is 11.5. The van der Waals surface area contributed by atoms with Crippen molar-refractivity contribution < 1.29 is 0 Å². The van der Waals surface area contributed by atoms with Gasteiger partial charge in [0, 0.05) is 12.6 Å². The smallest absolute Gasteiger partial charge is 0.0991 e. The first-order chi connectivity index (χ1) is 9.85. The first kappa shape index (κ1) is 12.9. The fraction of sp³-hybridized carbons (Fsp3) is 0.278. The highest BCUT2D eigenvalue weighted by Gasteiger charge is 2.17. The standard InChI is InChI=1S/C18H18N2/c19-12-14-5-7-15(8-6-14)13-20-18-10-9-16-3-1-2-4-17(16)11-18/h1-8,18,20H,9-11,13H2. The van der Waals surface area contributed by atoms with Gasteiger partial charge in [-0.3, -0.25) is 0 Å². The van der Waals surface area contributed by atoms with E-state index < -0.39 is 0 Å². The molecule has 1 N–H and O–H groups in total. The lowest BCUT2D eigenvalue weighted by atomic mass is 9.88. The van der Waals surface area contributed by atoms with Crippen LogP contribution in [0.5, 0.6) is 0 Å². The van der Waals surface area contributed by atoms with Crippen molar-refractivity contribution in [2.45, 2.75) is 31.8 Å². The van der Waals surface area contributed by atoms with E-state index in [0.29, 0.717) is 6.04 Å². The Bertz CT molecular complexity index is 623. The van der Waals surface area contributed by atoms with Gasteiger partial charge in [0.2, 0.25) is 0 Å². The molecule has 0 amide bonds. The molecule has 0 aliphatic heterocycles. The van der Waals surface area contributed by atoms with Crippen molar-refractivity contribution in [3.05, 3.63) is 70.8 Å². The molecule has 0 saturated carbocycles. The van der Waals surface area contributed by atoms with Crippen molar-refractivity contribution in [2.24, 2.45) is 0 Å². The molecule has 3 rings (SSSR count). The quantitative estimate of drug-likeness (QED) is 0.922. The van der Waals surface area contributed by atoms with E-state index in [1.165, 1.54) is 29.5 Å². The molecule has 2 aromatic carbocycles. The summed E-state index contributed by atoms with van der Waals surface area (Å²) in [5.74, 6) is 0. The summed E-state index contributed by atoms with van der Waals surface area (Å²) in [6.07, 6.45) is 3.49. The van der Waals surface area contributed by atoms with Crippen LogP contribution in [0.4, 0.5) is 0 Å². The molecule has 1 atom stereocenters. The summed E-state index contributed by atoms with van der Waals surface area (Å²) in [5.41, 5.74) is 4.95. The lowest BCUT2D eigenvalue weighted by Crippen LogP contribution is -2.34. The van der Waals surface area contributed by atoms with Crippen LogP contribution in [0.2, 0.25) is 0 Å². The van der Waals surface area contributed by atoms with Gasteiger partial charge in [-0.25, -0.2) is 0 Å². The molecule has 0 heterocycles. The number of hydrogen-bond acceptors (Lipinski definition) is 2. The first-order valence-electron chi connectivity index (χ1n) is 7.14. The molecule has 1 aliphatic rings. The second kappa shape index (κ2) is 5.90. The summed E-state index contributed by atoms with van der Waals surface area (Å²) in [4.78, 5) is 0. The zero-order chi connectivity index (χ0) is 13.8. The molecule has 0 saturated heterocycles. The largest absolute Gasteiger partial charge is 0.310 e.